The summed E-state index contributed by atoms with van der Waals surface area (Å²) in [6.45, 7) is 5.40. The van der Waals surface area contributed by atoms with E-state index in [1.807, 2.05) is 6.07 Å². The molecule has 1 amide bonds. The number of carbonyl (C=O) groups is 1. The van der Waals surface area contributed by atoms with E-state index in [0.717, 1.165) is 4.47 Å². The number of hydrogen-bond donors (Lipinski definition) is 3. The van der Waals surface area contributed by atoms with Crippen LogP contribution in [-0.2, 0) is 4.74 Å². The molecule has 0 saturated heterocycles. The number of nitrogens with two attached hydrogens (primary N) is 1. The van der Waals surface area contributed by atoms with Crippen molar-refractivity contribution in [3.63, 3.8) is 0 Å². The second kappa shape index (κ2) is 5.37. The van der Waals surface area contributed by atoms with Gasteiger partial charge in [-0.3, -0.25) is 11.2 Å². The quantitative estimate of drug-likeness (QED) is 0.579. The van der Waals surface area contributed by atoms with E-state index in [9.17, 15) is 4.79 Å². The van der Waals surface area contributed by atoms with Crippen molar-refractivity contribution in [1.29, 1.82) is 0 Å². The number of hydrazine groups is 1. The number of halogens is 1. The third kappa shape index (κ3) is 4.62. The van der Waals surface area contributed by atoms with E-state index >= 15 is 0 Å². The van der Waals surface area contributed by atoms with Crippen molar-refractivity contribution in [3.05, 3.63) is 22.7 Å². The Morgan fingerprint density at radius 1 is 1.35 bits per heavy atom. The zero-order chi connectivity index (χ0) is 13.1. The minimum absolute atomic E-state index is 0.521. The normalized spacial score (nSPS) is 10.9. The smallest absolute Gasteiger partial charge is 0.412 e. The molecule has 5 nitrogen and oxygen atoms in total. The van der Waals surface area contributed by atoms with Crippen LogP contribution in [0.25, 0.3) is 0 Å². The molecule has 0 aliphatic carbocycles. The van der Waals surface area contributed by atoms with Crippen molar-refractivity contribution in [1.82, 2.24) is 0 Å². The summed E-state index contributed by atoms with van der Waals surface area (Å²) >= 11 is 3.32. The van der Waals surface area contributed by atoms with E-state index in [-0.39, 0.29) is 0 Å². The Balaban J connectivity index is 2.80. The lowest BCUT2D eigenvalue weighted by atomic mass is 10.2. The highest BCUT2D eigenvalue weighted by atomic mass is 79.9. The maximum Gasteiger partial charge on any atom is 0.412 e. The number of hydrogen-bond acceptors (Lipinski definition) is 4. The van der Waals surface area contributed by atoms with E-state index < -0.39 is 11.7 Å². The van der Waals surface area contributed by atoms with Crippen LogP contribution in [0.15, 0.2) is 22.7 Å². The summed E-state index contributed by atoms with van der Waals surface area (Å²) in [4.78, 5) is 11.6. The first-order valence-electron chi connectivity index (χ1n) is 5.08. The molecule has 6 heteroatoms. The number of benzene rings is 1. The van der Waals surface area contributed by atoms with Crippen molar-refractivity contribution < 1.29 is 9.53 Å². The molecule has 0 bridgehead atoms. The summed E-state index contributed by atoms with van der Waals surface area (Å²) in [5, 5.41) is 2.63. The topological polar surface area (TPSA) is 76.4 Å². The zero-order valence-corrected chi connectivity index (χ0v) is 11.6. The Morgan fingerprint density at radius 3 is 2.53 bits per heavy atom. The van der Waals surface area contributed by atoms with E-state index in [0.29, 0.717) is 11.4 Å². The van der Waals surface area contributed by atoms with Crippen molar-refractivity contribution >= 4 is 33.4 Å². The van der Waals surface area contributed by atoms with E-state index in [4.69, 9.17) is 10.6 Å². The second-order valence-electron chi connectivity index (χ2n) is 4.46. The van der Waals surface area contributed by atoms with Gasteiger partial charge in [-0.05, 0) is 39.0 Å². The largest absolute Gasteiger partial charge is 0.444 e. The van der Waals surface area contributed by atoms with Crippen LogP contribution in [0.2, 0.25) is 0 Å². The first-order chi connectivity index (χ1) is 7.81. The number of rotatable bonds is 2. The number of nitrogen functional groups attached to an aromatic ring is 1. The van der Waals surface area contributed by atoms with Gasteiger partial charge >= 0.3 is 6.09 Å². The second-order valence-corrected chi connectivity index (χ2v) is 5.38. The van der Waals surface area contributed by atoms with Gasteiger partial charge in [0, 0.05) is 4.47 Å². The molecule has 0 atom stereocenters. The van der Waals surface area contributed by atoms with Gasteiger partial charge in [0.05, 0.1) is 11.4 Å². The maximum absolute atomic E-state index is 11.6. The molecule has 94 valence electrons. The van der Waals surface area contributed by atoms with Gasteiger partial charge in [0.2, 0.25) is 0 Å². The van der Waals surface area contributed by atoms with Crippen LogP contribution in [-0.4, -0.2) is 11.7 Å². The lowest BCUT2D eigenvalue weighted by Crippen LogP contribution is -2.27. The van der Waals surface area contributed by atoms with Gasteiger partial charge in [-0.2, -0.15) is 0 Å². The zero-order valence-electron chi connectivity index (χ0n) is 10.0. The standard InChI is InChI=1S/C11H16BrN3O2/c1-11(2,3)17-10(16)14-9-6-7(12)4-5-8(9)15-13/h4-6,15H,13H2,1-3H3,(H,14,16). The average Bonchev–Trinajstić information content (AvgIpc) is 2.14. The summed E-state index contributed by atoms with van der Waals surface area (Å²) in [7, 11) is 0. The van der Waals surface area contributed by atoms with E-state index in [2.05, 4.69) is 26.7 Å². The molecule has 0 fully saturated rings. The maximum atomic E-state index is 11.6. The SMILES string of the molecule is CC(C)(C)OC(=O)Nc1cc(Br)ccc1NN. The summed E-state index contributed by atoms with van der Waals surface area (Å²) in [6.07, 6.45) is -0.521. The third-order valence-corrected chi connectivity index (χ3v) is 2.27. The first-order valence-corrected chi connectivity index (χ1v) is 5.87. The molecule has 0 aliphatic rings. The Bertz CT molecular complexity index is 416. The molecule has 0 saturated carbocycles. The fourth-order valence-corrected chi connectivity index (χ4v) is 1.52. The highest BCUT2D eigenvalue weighted by Gasteiger charge is 2.17. The fourth-order valence-electron chi connectivity index (χ4n) is 1.16. The van der Waals surface area contributed by atoms with Gasteiger partial charge in [0.25, 0.3) is 0 Å². The molecule has 17 heavy (non-hydrogen) atoms. The van der Waals surface area contributed by atoms with Crippen molar-refractivity contribution in [3.8, 4) is 0 Å². The first kappa shape index (κ1) is 13.8. The molecule has 0 aliphatic heterocycles. The van der Waals surface area contributed by atoms with Gasteiger partial charge in [0.1, 0.15) is 5.60 Å². The number of nitrogens with one attached hydrogen (secondary N) is 2. The molecule has 0 heterocycles. The van der Waals surface area contributed by atoms with Crippen molar-refractivity contribution in [2.45, 2.75) is 26.4 Å². The molecule has 1 aromatic rings. The molecule has 0 aromatic heterocycles. The van der Waals surface area contributed by atoms with E-state index in [1.165, 1.54) is 0 Å². The van der Waals surface area contributed by atoms with Crippen LogP contribution in [0.5, 0.6) is 0 Å². The van der Waals surface area contributed by atoms with Gasteiger partial charge < -0.3 is 10.2 Å². The Kier molecular flexibility index (Phi) is 4.36. The van der Waals surface area contributed by atoms with Crippen LogP contribution in [0.4, 0.5) is 16.2 Å². The lowest BCUT2D eigenvalue weighted by Gasteiger charge is -2.20. The van der Waals surface area contributed by atoms with Gasteiger partial charge in [-0.1, -0.05) is 15.9 Å². The number of amides is 1. The number of carbonyl (C=O) groups excluding carboxylic acids is 1. The van der Waals surface area contributed by atoms with Gasteiger partial charge in [-0.15, -0.1) is 0 Å². The summed E-state index contributed by atoms with van der Waals surface area (Å²) in [5.41, 5.74) is 3.13. The molecule has 0 radical (unpaired) electrons. The minimum atomic E-state index is -0.535. The average molecular weight is 302 g/mol. The predicted octanol–water partition coefficient (Wildman–Crippen LogP) is 3.08. The molecule has 4 N–H and O–H groups in total. The predicted molar refractivity (Wildman–Crippen MR) is 71.8 cm³/mol. The number of anilines is 2. The molecule has 1 aromatic carbocycles. The van der Waals surface area contributed by atoms with Crippen LogP contribution in [0, 0.1) is 0 Å². The molecule has 0 unspecified atom stereocenters. The molecule has 0 spiro atoms. The van der Waals surface area contributed by atoms with Crippen molar-refractivity contribution in [2.24, 2.45) is 5.84 Å². The van der Waals surface area contributed by atoms with Gasteiger partial charge in [0.15, 0.2) is 0 Å². The van der Waals surface area contributed by atoms with Crippen LogP contribution in [0.3, 0.4) is 0 Å². The Labute approximate surface area is 109 Å². The van der Waals surface area contributed by atoms with E-state index in [1.54, 1.807) is 32.9 Å². The molecular weight excluding hydrogens is 286 g/mol. The Hall–Kier alpha value is -1.27. The van der Waals surface area contributed by atoms with Gasteiger partial charge in [-0.25, -0.2) is 4.79 Å². The lowest BCUT2D eigenvalue weighted by molar-refractivity contribution is 0.0636. The third-order valence-electron chi connectivity index (χ3n) is 1.77. The van der Waals surface area contributed by atoms with Crippen LogP contribution in [0.1, 0.15) is 20.8 Å². The number of ether oxygens (including phenoxy) is 1. The Morgan fingerprint density at radius 2 is 2.00 bits per heavy atom. The highest BCUT2D eigenvalue weighted by Crippen LogP contribution is 2.25. The molecule has 1 rings (SSSR count). The summed E-state index contributed by atoms with van der Waals surface area (Å²) in [6, 6.07) is 5.30. The monoisotopic (exact) mass is 301 g/mol. The fraction of sp³-hybridized carbons (Fsp3) is 0.364. The van der Waals surface area contributed by atoms with Crippen LogP contribution < -0.4 is 16.6 Å². The summed E-state index contributed by atoms with van der Waals surface area (Å²) in [5.74, 6) is 5.35. The summed E-state index contributed by atoms with van der Waals surface area (Å²) < 4.78 is 5.98. The van der Waals surface area contributed by atoms with Crippen LogP contribution >= 0.6 is 15.9 Å². The van der Waals surface area contributed by atoms with Crippen molar-refractivity contribution in [2.75, 3.05) is 10.7 Å². The molecular formula is C11H16BrN3O2. The minimum Gasteiger partial charge on any atom is -0.444 e. The highest BCUT2D eigenvalue weighted by molar-refractivity contribution is 9.10.